The van der Waals surface area contributed by atoms with Gasteiger partial charge in [0.15, 0.2) is 17.5 Å². The van der Waals surface area contributed by atoms with E-state index < -0.39 is 0 Å². The van der Waals surface area contributed by atoms with Crippen molar-refractivity contribution >= 4 is 29.9 Å². The van der Waals surface area contributed by atoms with Gasteiger partial charge >= 0.3 is 0 Å². The van der Waals surface area contributed by atoms with E-state index in [0.717, 1.165) is 50.5 Å². The van der Waals surface area contributed by atoms with Crippen molar-refractivity contribution < 1.29 is 24.1 Å². The maximum Gasteiger partial charge on any atom is 0.191 e. The highest BCUT2D eigenvalue weighted by molar-refractivity contribution is 14.0. The first-order valence-corrected chi connectivity index (χ1v) is 10.4. The maximum absolute atomic E-state index is 8.90. The minimum Gasteiger partial charge on any atom is -0.493 e. The van der Waals surface area contributed by atoms with E-state index in [2.05, 4.69) is 15.6 Å². The molecule has 3 N–H and O–H groups in total. The van der Waals surface area contributed by atoms with Crippen molar-refractivity contribution in [3.63, 3.8) is 0 Å². The molecule has 1 aliphatic rings. The second-order valence-corrected chi connectivity index (χ2v) is 6.74. The predicted octanol–water partition coefficient (Wildman–Crippen LogP) is 2.33. The van der Waals surface area contributed by atoms with Gasteiger partial charge in [-0.05, 0) is 43.9 Å². The molecule has 0 aromatic heterocycles. The largest absolute Gasteiger partial charge is 0.493 e. The molecular formula is C21H36IN3O5. The summed E-state index contributed by atoms with van der Waals surface area (Å²) in [4.78, 5) is 4.63. The Bertz CT molecular complexity index is 612. The lowest BCUT2D eigenvalue weighted by atomic mass is 10.2. The molecule has 1 unspecified atom stereocenters. The summed E-state index contributed by atoms with van der Waals surface area (Å²) < 4.78 is 22.1. The zero-order valence-corrected chi connectivity index (χ0v) is 20.4. The normalized spacial score (nSPS) is 16.1. The van der Waals surface area contributed by atoms with Gasteiger partial charge in [-0.1, -0.05) is 6.07 Å². The molecule has 0 bridgehead atoms. The van der Waals surface area contributed by atoms with Crippen molar-refractivity contribution in [3.05, 3.63) is 23.8 Å². The summed E-state index contributed by atoms with van der Waals surface area (Å²) >= 11 is 0. The quantitative estimate of drug-likeness (QED) is 0.154. The van der Waals surface area contributed by atoms with Crippen LogP contribution < -0.4 is 20.1 Å². The molecule has 1 aliphatic heterocycles. The van der Waals surface area contributed by atoms with Gasteiger partial charge in [-0.15, -0.1) is 24.0 Å². The molecule has 1 aromatic carbocycles. The van der Waals surface area contributed by atoms with Crippen LogP contribution in [0, 0.1) is 0 Å². The van der Waals surface area contributed by atoms with Crippen molar-refractivity contribution in [2.75, 3.05) is 53.2 Å². The molecule has 0 amide bonds. The maximum atomic E-state index is 8.90. The smallest absolute Gasteiger partial charge is 0.191 e. The van der Waals surface area contributed by atoms with Crippen molar-refractivity contribution in [3.8, 4) is 11.5 Å². The van der Waals surface area contributed by atoms with E-state index in [0.29, 0.717) is 31.3 Å². The zero-order chi connectivity index (χ0) is 20.7. The number of hydrogen-bond acceptors (Lipinski definition) is 6. The molecule has 1 aromatic rings. The van der Waals surface area contributed by atoms with Crippen LogP contribution in [-0.4, -0.2) is 70.4 Å². The molecule has 0 saturated carbocycles. The molecule has 1 fully saturated rings. The lowest BCUT2D eigenvalue weighted by molar-refractivity contribution is 0.0168. The third-order valence-electron chi connectivity index (χ3n) is 4.43. The molecule has 0 spiro atoms. The SMILES string of the molecule is CCNC(=NCc1ccc(OCCO)c(OC)c1)NCCCOCC1CCCO1.I. The molecule has 9 heteroatoms. The summed E-state index contributed by atoms with van der Waals surface area (Å²) in [5.74, 6) is 2.01. The minimum absolute atomic E-state index is 0. The van der Waals surface area contributed by atoms with Gasteiger partial charge in [0.25, 0.3) is 0 Å². The van der Waals surface area contributed by atoms with Gasteiger partial charge in [-0.25, -0.2) is 4.99 Å². The molecule has 0 aliphatic carbocycles. The van der Waals surface area contributed by atoms with E-state index in [-0.39, 0.29) is 43.3 Å². The highest BCUT2D eigenvalue weighted by Gasteiger charge is 2.14. The monoisotopic (exact) mass is 537 g/mol. The second-order valence-electron chi connectivity index (χ2n) is 6.74. The summed E-state index contributed by atoms with van der Waals surface area (Å²) in [6, 6.07) is 5.69. The molecule has 1 atom stereocenters. The number of guanidine groups is 1. The average molecular weight is 537 g/mol. The molecule has 2 rings (SSSR count). The van der Waals surface area contributed by atoms with Crippen molar-refractivity contribution in [1.29, 1.82) is 0 Å². The van der Waals surface area contributed by atoms with Gasteiger partial charge in [0.05, 0.1) is 33.0 Å². The zero-order valence-electron chi connectivity index (χ0n) is 18.0. The van der Waals surface area contributed by atoms with Crippen molar-refractivity contribution in [1.82, 2.24) is 10.6 Å². The third-order valence-corrected chi connectivity index (χ3v) is 4.43. The number of rotatable bonds is 13. The van der Waals surface area contributed by atoms with Crippen LogP contribution >= 0.6 is 24.0 Å². The number of hydrogen-bond donors (Lipinski definition) is 3. The van der Waals surface area contributed by atoms with E-state index in [9.17, 15) is 0 Å². The first-order chi connectivity index (χ1) is 14.3. The number of nitrogens with zero attached hydrogens (tertiary/aromatic N) is 1. The fourth-order valence-electron chi connectivity index (χ4n) is 2.97. The van der Waals surface area contributed by atoms with Crippen LogP contribution in [0.3, 0.4) is 0 Å². The van der Waals surface area contributed by atoms with Crippen LogP contribution in [0.15, 0.2) is 23.2 Å². The summed E-state index contributed by atoms with van der Waals surface area (Å²) in [5, 5.41) is 15.5. The molecule has 1 heterocycles. The second kappa shape index (κ2) is 16.4. The Morgan fingerprint density at radius 2 is 2.13 bits per heavy atom. The van der Waals surface area contributed by atoms with Crippen LogP contribution in [0.1, 0.15) is 31.7 Å². The predicted molar refractivity (Wildman–Crippen MR) is 128 cm³/mol. The lowest BCUT2D eigenvalue weighted by Gasteiger charge is -2.13. The molecule has 1 saturated heterocycles. The van der Waals surface area contributed by atoms with Crippen molar-refractivity contribution in [2.45, 2.75) is 38.8 Å². The fraction of sp³-hybridized carbons (Fsp3) is 0.667. The molecule has 0 radical (unpaired) electrons. The number of ether oxygens (including phenoxy) is 4. The van der Waals surface area contributed by atoms with Gasteiger partial charge in [-0.3, -0.25) is 0 Å². The number of aliphatic hydroxyl groups excluding tert-OH is 1. The Morgan fingerprint density at radius 3 is 2.83 bits per heavy atom. The minimum atomic E-state index is -0.0354. The van der Waals surface area contributed by atoms with E-state index in [4.69, 9.17) is 24.1 Å². The molecular weight excluding hydrogens is 501 g/mol. The van der Waals surface area contributed by atoms with E-state index in [1.54, 1.807) is 7.11 Å². The van der Waals surface area contributed by atoms with Crippen LogP contribution in [-0.2, 0) is 16.0 Å². The first-order valence-electron chi connectivity index (χ1n) is 10.4. The Labute approximate surface area is 196 Å². The van der Waals surface area contributed by atoms with Crippen LogP contribution in [0.2, 0.25) is 0 Å². The van der Waals surface area contributed by atoms with Gasteiger partial charge in [-0.2, -0.15) is 0 Å². The Kier molecular flexibility index (Phi) is 14.6. The first kappa shape index (κ1) is 26.7. The number of methoxy groups -OCH3 is 1. The summed E-state index contributed by atoms with van der Waals surface area (Å²) in [7, 11) is 1.60. The Morgan fingerprint density at radius 1 is 1.27 bits per heavy atom. The molecule has 172 valence electrons. The lowest BCUT2D eigenvalue weighted by Crippen LogP contribution is -2.38. The van der Waals surface area contributed by atoms with E-state index in [1.807, 2.05) is 25.1 Å². The number of nitrogens with one attached hydrogen (secondary N) is 2. The summed E-state index contributed by atoms with van der Waals surface area (Å²) in [6.45, 7) is 6.59. The summed E-state index contributed by atoms with van der Waals surface area (Å²) in [6.07, 6.45) is 3.43. The fourth-order valence-corrected chi connectivity index (χ4v) is 2.97. The number of halogens is 1. The third kappa shape index (κ3) is 10.1. The summed E-state index contributed by atoms with van der Waals surface area (Å²) in [5.41, 5.74) is 1.01. The highest BCUT2D eigenvalue weighted by Crippen LogP contribution is 2.28. The van der Waals surface area contributed by atoms with Gasteiger partial charge in [0.1, 0.15) is 6.61 Å². The van der Waals surface area contributed by atoms with Crippen LogP contribution in [0.4, 0.5) is 0 Å². The van der Waals surface area contributed by atoms with E-state index in [1.165, 1.54) is 0 Å². The Balaban J connectivity index is 0.00000450. The molecule has 30 heavy (non-hydrogen) atoms. The van der Waals surface area contributed by atoms with Gasteiger partial charge in [0.2, 0.25) is 0 Å². The van der Waals surface area contributed by atoms with Gasteiger partial charge < -0.3 is 34.7 Å². The number of aliphatic imine (C=N–C) groups is 1. The van der Waals surface area contributed by atoms with Gasteiger partial charge in [0, 0.05) is 26.3 Å². The van der Waals surface area contributed by atoms with Crippen LogP contribution in [0.5, 0.6) is 11.5 Å². The van der Waals surface area contributed by atoms with Crippen LogP contribution in [0.25, 0.3) is 0 Å². The number of benzene rings is 1. The average Bonchev–Trinajstić information content (AvgIpc) is 3.26. The molecule has 8 nitrogen and oxygen atoms in total. The highest BCUT2D eigenvalue weighted by atomic mass is 127. The number of aliphatic hydroxyl groups is 1. The standard InChI is InChI=1S/C21H35N3O5.HI/c1-3-22-21(23-9-5-11-27-16-18-6-4-12-28-18)24-15-17-7-8-19(29-13-10-25)20(14-17)26-2;/h7-8,14,18,25H,3-6,9-13,15-16H2,1-2H3,(H2,22,23,24);1H. The topological polar surface area (TPSA) is 93.6 Å². The Hall–Kier alpha value is -1.30. The van der Waals surface area contributed by atoms with Crippen molar-refractivity contribution in [2.24, 2.45) is 4.99 Å². The van der Waals surface area contributed by atoms with E-state index >= 15 is 0 Å².